The normalized spacial score (nSPS) is 15.1. The van der Waals surface area contributed by atoms with Gasteiger partial charge in [-0.25, -0.2) is 4.79 Å². The van der Waals surface area contributed by atoms with Crippen molar-refractivity contribution in [3.8, 4) is 5.69 Å². The largest absolute Gasteiger partial charge is 0.468 e. The molecule has 6 nitrogen and oxygen atoms in total. The Balaban J connectivity index is 1.74. The number of aromatic nitrogens is 2. The van der Waals surface area contributed by atoms with Crippen molar-refractivity contribution in [2.45, 2.75) is 31.3 Å². The lowest BCUT2D eigenvalue weighted by Crippen LogP contribution is -2.33. The molecule has 1 aliphatic rings. The molecule has 1 atom stereocenters. The molecule has 2 aromatic carbocycles. The molecule has 1 heterocycles. The molecule has 140 valence electrons. The Bertz CT molecular complexity index is 1060. The van der Waals surface area contributed by atoms with Gasteiger partial charge in [-0.1, -0.05) is 23.7 Å². The third kappa shape index (κ3) is 3.26. The summed E-state index contributed by atoms with van der Waals surface area (Å²) in [6.07, 6.45) is 2.41. The van der Waals surface area contributed by atoms with Gasteiger partial charge in [0.2, 0.25) is 0 Å². The van der Waals surface area contributed by atoms with E-state index in [2.05, 4.69) is 4.74 Å². The lowest BCUT2D eigenvalue weighted by Gasteiger charge is -2.10. The van der Waals surface area contributed by atoms with E-state index in [1.54, 1.807) is 4.57 Å². The van der Waals surface area contributed by atoms with Gasteiger partial charge in [0.05, 0.1) is 23.8 Å². The number of ether oxygens (including phenoxy) is 1. The van der Waals surface area contributed by atoms with Crippen molar-refractivity contribution in [1.82, 2.24) is 9.13 Å². The number of hydrogen-bond acceptors (Lipinski definition) is 4. The maximum Gasteiger partial charge on any atom is 0.333 e. The maximum absolute atomic E-state index is 13.1. The minimum absolute atomic E-state index is 0.0613. The summed E-state index contributed by atoms with van der Waals surface area (Å²) in [4.78, 5) is 24.6. The summed E-state index contributed by atoms with van der Waals surface area (Å²) < 4.78 is 8.20. The van der Waals surface area contributed by atoms with Crippen molar-refractivity contribution in [2.75, 3.05) is 7.11 Å². The zero-order valence-corrected chi connectivity index (χ0v) is 15.6. The van der Waals surface area contributed by atoms with Crippen LogP contribution in [-0.4, -0.2) is 28.3 Å². The van der Waals surface area contributed by atoms with Crippen molar-refractivity contribution < 1.29 is 9.53 Å². The average molecular weight is 386 g/mol. The highest BCUT2D eigenvalue weighted by Crippen LogP contribution is 2.37. The number of benzene rings is 2. The number of nitrogens with zero attached hydrogens (tertiary/aromatic N) is 2. The molecule has 1 saturated carbocycles. The summed E-state index contributed by atoms with van der Waals surface area (Å²) in [6, 6.07) is 12.5. The quantitative estimate of drug-likeness (QED) is 0.685. The summed E-state index contributed by atoms with van der Waals surface area (Å²) in [7, 11) is 1.32. The fourth-order valence-corrected chi connectivity index (χ4v) is 3.56. The van der Waals surface area contributed by atoms with E-state index in [0.717, 1.165) is 35.1 Å². The van der Waals surface area contributed by atoms with Gasteiger partial charge in [0.25, 0.3) is 0 Å². The van der Waals surface area contributed by atoms with Gasteiger partial charge in [-0.05, 0) is 55.2 Å². The third-order valence-electron chi connectivity index (χ3n) is 4.90. The number of carbonyl (C=O) groups is 1. The Morgan fingerprint density at radius 2 is 1.93 bits per heavy atom. The highest BCUT2D eigenvalue weighted by molar-refractivity contribution is 6.31. The summed E-state index contributed by atoms with van der Waals surface area (Å²) >= 11 is 6.18. The van der Waals surface area contributed by atoms with Gasteiger partial charge < -0.3 is 10.5 Å². The van der Waals surface area contributed by atoms with Gasteiger partial charge >= 0.3 is 11.7 Å². The average Bonchev–Trinajstić information content (AvgIpc) is 3.45. The Morgan fingerprint density at radius 1 is 1.22 bits per heavy atom. The maximum atomic E-state index is 13.1. The van der Waals surface area contributed by atoms with E-state index in [9.17, 15) is 9.59 Å². The van der Waals surface area contributed by atoms with Crippen molar-refractivity contribution in [2.24, 2.45) is 5.73 Å². The van der Waals surface area contributed by atoms with Crippen LogP contribution in [0.2, 0.25) is 5.02 Å². The van der Waals surface area contributed by atoms with Crippen molar-refractivity contribution in [3.63, 3.8) is 0 Å². The van der Waals surface area contributed by atoms with Crippen LogP contribution < -0.4 is 11.4 Å². The van der Waals surface area contributed by atoms with E-state index in [-0.39, 0.29) is 11.7 Å². The first-order chi connectivity index (χ1) is 13.0. The molecular formula is C20H20ClN3O3. The van der Waals surface area contributed by atoms with Crippen LogP contribution in [0, 0.1) is 0 Å². The van der Waals surface area contributed by atoms with Crippen molar-refractivity contribution >= 4 is 28.6 Å². The first-order valence-corrected chi connectivity index (χ1v) is 9.22. The third-order valence-corrected chi connectivity index (χ3v) is 5.14. The van der Waals surface area contributed by atoms with Crippen LogP contribution in [0.4, 0.5) is 0 Å². The van der Waals surface area contributed by atoms with Gasteiger partial charge in [-0.3, -0.25) is 13.9 Å². The Hall–Kier alpha value is -2.57. The van der Waals surface area contributed by atoms with Gasteiger partial charge in [-0.15, -0.1) is 0 Å². The van der Waals surface area contributed by atoms with Crippen molar-refractivity contribution in [3.05, 3.63) is 63.5 Å². The van der Waals surface area contributed by atoms with E-state index < -0.39 is 12.0 Å². The Labute approximate surface area is 161 Å². The van der Waals surface area contributed by atoms with E-state index in [1.165, 1.54) is 7.11 Å². The van der Waals surface area contributed by atoms with Gasteiger partial charge in [0, 0.05) is 11.1 Å². The van der Waals surface area contributed by atoms with Crippen LogP contribution in [0.15, 0.2) is 47.3 Å². The van der Waals surface area contributed by atoms with Gasteiger partial charge in [-0.2, -0.15) is 0 Å². The monoisotopic (exact) mass is 385 g/mol. The molecule has 0 radical (unpaired) electrons. The van der Waals surface area contributed by atoms with Crippen LogP contribution in [0.5, 0.6) is 0 Å². The first-order valence-electron chi connectivity index (χ1n) is 8.85. The highest BCUT2D eigenvalue weighted by atomic mass is 35.5. The number of hydrogen-bond donors (Lipinski definition) is 1. The topological polar surface area (TPSA) is 79.2 Å². The van der Waals surface area contributed by atoms with E-state index in [0.29, 0.717) is 11.4 Å². The number of halogens is 1. The molecule has 1 aliphatic carbocycles. The second-order valence-electron chi connectivity index (χ2n) is 6.85. The number of nitrogens with two attached hydrogens (primary N) is 1. The summed E-state index contributed by atoms with van der Waals surface area (Å²) in [5.41, 5.74) is 9.09. The molecule has 3 aromatic rings. The van der Waals surface area contributed by atoms with E-state index in [4.69, 9.17) is 17.3 Å². The SMILES string of the molecule is COC(=O)[C@@H](N)Cc1ccc(-n2c(=O)n(C3CC3)c3ccc(Cl)cc32)cc1. The zero-order valence-electron chi connectivity index (χ0n) is 14.9. The molecule has 0 bridgehead atoms. The highest BCUT2D eigenvalue weighted by Gasteiger charge is 2.29. The van der Waals surface area contributed by atoms with Crippen LogP contribution >= 0.6 is 11.6 Å². The summed E-state index contributed by atoms with van der Waals surface area (Å²) in [5.74, 6) is -0.447. The Morgan fingerprint density at radius 3 is 2.56 bits per heavy atom. The molecule has 4 rings (SSSR count). The van der Waals surface area contributed by atoms with Gasteiger partial charge in [0.1, 0.15) is 6.04 Å². The van der Waals surface area contributed by atoms with Crippen LogP contribution in [0.25, 0.3) is 16.7 Å². The molecule has 2 N–H and O–H groups in total. The molecule has 1 fully saturated rings. The van der Waals surface area contributed by atoms with Crippen LogP contribution in [0.3, 0.4) is 0 Å². The predicted molar refractivity (Wildman–Crippen MR) is 105 cm³/mol. The minimum atomic E-state index is -0.709. The fraction of sp³-hybridized carbons (Fsp3) is 0.300. The lowest BCUT2D eigenvalue weighted by molar-refractivity contribution is -0.142. The molecule has 0 amide bonds. The second-order valence-corrected chi connectivity index (χ2v) is 7.29. The molecular weight excluding hydrogens is 366 g/mol. The van der Waals surface area contributed by atoms with Crippen LogP contribution in [0.1, 0.15) is 24.4 Å². The summed E-state index contributed by atoms with van der Waals surface area (Å²) in [6.45, 7) is 0. The number of esters is 1. The number of fused-ring (bicyclic) bond motifs is 1. The van der Waals surface area contributed by atoms with Gasteiger partial charge in [0.15, 0.2) is 0 Å². The molecule has 0 spiro atoms. The number of carbonyl (C=O) groups excluding carboxylic acids is 1. The zero-order chi connectivity index (χ0) is 19.1. The summed E-state index contributed by atoms with van der Waals surface area (Å²) in [5, 5.41) is 0.588. The Kier molecular flexibility index (Phi) is 4.53. The standard InChI is InChI=1S/C20H20ClN3O3/c1-27-19(25)16(22)10-12-2-5-14(6-3-12)24-18-11-13(21)4-9-17(18)23(20(24)26)15-7-8-15/h2-6,9,11,15-16H,7-8,10,22H2,1H3/t16-/m0/s1. The molecule has 27 heavy (non-hydrogen) atoms. The number of rotatable bonds is 5. The number of methoxy groups -OCH3 is 1. The van der Waals surface area contributed by atoms with Crippen molar-refractivity contribution in [1.29, 1.82) is 0 Å². The molecule has 1 aromatic heterocycles. The smallest absolute Gasteiger partial charge is 0.333 e. The minimum Gasteiger partial charge on any atom is -0.468 e. The predicted octanol–water partition coefficient (Wildman–Crippen LogP) is 2.82. The fourth-order valence-electron chi connectivity index (χ4n) is 3.40. The number of imidazole rings is 1. The molecule has 0 unspecified atom stereocenters. The second kappa shape index (κ2) is 6.87. The molecule has 0 aliphatic heterocycles. The lowest BCUT2D eigenvalue weighted by atomic mass is 10.1. The molecule has 7 heteroatoms. The first kappa shape index (κ1) is 17.8. The molecule has 0 saturated heterocycles. The van der Waals surface area contributed by atoms with Crippen LogP contribution in [-0.2, 0) is 16.0 Å². The van der Waals surface area contributed by atoms with E-state index in [1.807, 2.05) is 47.0 Å². The van der Waals surface area contributed by atoms with E-state index >= 15 is 0 Å².